The molecule has 0 bridgehead atoms. The van der Waals surface area contributed by atoms with Gasteiger partial charge in [-0.3, -0.25) is 0 Å². The molecule has 102 valence electrons. The van der Waals surface area contributed by atoms with Crippen LogP contribution >= 0.6 is 11.6 Å². The number of rotatable bonds is 6. The molecule has 7 heteroatoms. The van der Waals surface area contributed by atoms with Crippen LogP contribution in [0.15, 0.2) is 18.2 Å². The van der Waals surface area contributed by atoms with Crippen LogP contribution in [-0.4, -0.2) is 39.1 Å². The van der Waals surface area contributed by atoms with Gasteiger partial charge < -0.3 is 5.32 Å². The molecule has 0 amide bonds. The third-order valence-electron chi connectivity index (χ3n) is 2.41. The summed E-state index contributed by atoms with van der Waals surface area (Å²) < 4.78 is 37.2. The summed E-state index contributed by atoms with van der Waals surface area (Å²) in [4.78, 5) is 0. The molecule has 18 heavy (non-hydrogen) atoms. The van der Waals surface area contributed by atoms with Crippen molar-refractivity contribution in [2.45, 2.75) is 6.54 Å². The van der Waals surface area contributed by atoms with E-state index in [2.05, 4.69) is 5.32 Å². The van der Waals surface area contributed by atoms with Crippen LogP contribution in [0.2, 0.25) is 5.02 Å². The Morgan fingerprint density at radius 2 is 2.06 bits per heavy atom. The van der Waals surface area contributed by atoms with Crippen LogP contribution in [0, 0.1) is 5.82 Å². The summed E-state index contributed by atoms with van der Waals surface area (Å²) in [6.45, 7) is 0.710. The maximum absolute atomic E-state index is 13.1. The summed E-state index contributed by atoms with van der Waals surface area (Å²) in [6, 6.07) is 4.50. The van der Waals surface area contributed by atoms with Crippen LogP contribution in [0.5, 0.6) is 0 Å². The number of nitrogens with one attached hydrogen (secondary N) is 1. The van der Waals surface area contributed by atoms with Gasteiger partial charge in [0.05, 0.1) is 10.8 Å². The van der Waals surface area contributed by atoms with Crippen molar-refractivity contribution in [2.24, 2.45) is 0 Å². The van der Waals surface area contributed by atoms with Crippen molar-refractivity contribution in [3.63, 3.8) is 0 Å². The Kier molecular flexibility index (Phi) is 5.52. The Bertz CT molecular complexity index is 506. The molecule has 0 saturated carbocycles. The smallest absolute Gasteiger partial charge is 0.214 e. The van der Waals surface area contributed by atoms with Crippen LogP contribution in [0.3, 0.4) is 0 Å². The minimum absolute atomic E-state index is 0.00999. The van der Waals surface area contributed by atoms with E-state index in [0.29, 0.717) is 13.1 Å². The van der Waals surface area contributed by atoms with Gasteiger partial charge >= 0.3 is 0 Å². The number of nitrogens with zero attached hydrogens (tertiary/aromatic N) is 1. The van der Waals surface area contributed by atoms with Gasteiger partial charge in [-0.05, 0) is 17.7 Å². The lowest BCUT2D eigenvalue weighted by Crippen LogP contribution is -2.31. The second kappa shape index (κ2) is 6.47. The predicted octanol–water partition coefficient (Wildman–Crippen LogP) is 1.46. The number of benzene rings is 1. The molecule has 1 aromatic rings. The van der Waals surface area contributed by atoms with E-state index in [1.165, 1.54) is 30.5 Å². The number of hydrogen-bond acceptors (Lipinski definition) is 3. The summed E-state index contributed by atoms with van der Waals surface area (Å²) in [5.74, 6) is -0.465. The lowest BCUT2D eigenvalue weighted by atomic mass is 10.2. The molecule has 0 spiro atoms. The first-order valence-electron chi connectivity index (χ1n) is 5.38. The van der Waals surface area contributed by atoms with Crippen molar-refractivity contribution < 1.29 is 12.8 Å². The lowest BCUT2D eigenvalue weighted by molar-refractivity contribution is 0.517. The molecule has 1 aromatic carbocycles. The first-order chi connectivity index (χ1) is 8.33. The van der Waals surface area contributed by atoms with Crippen LogP contribution < -0.4 is 5.32 Å². The van der Waals surface area contributed by atoms with Gasteiger partial charge in [0.25, 0.3) is 0 Å². The summed E-state index contributed by atoms with van der Waals surface area (Å²) >= 11 is 5.56. The van der Waals surface area contributed by atoms with E-state index in [0.717, 1.165) is 5.56 Å². The largest absolute Gasteiger partial charge is 0.312 e. The molecule has 0 aromatic heterocycles. The molecule has 4 nitrogen and oxygen atoms in total. The lowest BCUT2D eigenvalue weighted by Gasteiger charge is -2.11. The quantitative estimate of drug-likeness (QED) is 0.808. The van der Waals surface area contributed by atoms with Crippen molar-refractivity contribution in [3.05, 3.63) is 34.6 Å². The van der Waals surface area contributed by atoms with Crippen molar-refractivity contribution in [1.29, 1.82) is 0 Å². The molecule has 0 radical (unpaired) electrons. The van der Waals surface area contributed by atoms with Gasteiger partial charge in [-0.25, -0.2) is 17.1 Å². The first kappa shape index (κ1) is 15.4. The van der Waals surface area contributed by atoms with E-state index in [1.54, 1.807) is 6.07 Å². The maximum Gasteiger partial charge on any atom is 0.214 e. The van der Waals surface area contributed by atoms with E-state index in [9.17, 15) is 12.8 Å². The van der Waals surface area contributed by atoms with Gasteiger partial charge in [-0.15, -0.1) is 0 Å². The average Bonchev–Trinajstić information content (AvgIpc) is 2.29. The first-order valence-corrected chi connectivity index (χ1v) is 7.36. The molecule has 1 rings (SSSR count). The summed E-state index contributed by atoms with van der Waals surface area (Å²) in [7, 11) is -0.212. The van der Waals surface area contributed by atoms with Crippen molar-refractivity contribution in [2.75, 3.05) is 26.4 Å². The minimum Gasteiger partial charge on any atom is -0.312 e. The van der Waals surface area contributed by atoms with Crippen LogP contribution in [0.4, 0.5) is 4.39 Å². The van der Waals surface area contributed by atoms with Crippen molar-refractivity contribution in [1.82, 2.24) is 9.62 Å². The molecule has 0 unspecified atom stereocenters. The Labute approximate surface area is 112 Å². The monoisotopic (exact) mass is 294 g/mol. The molecule has 0 aliphatic carbocycles. The van der Waals surface area contributed by atoms with Gasteiger partial charge in [-0.1, -0.05) is 17.7 Å². The van der Waals surface area contributed by atoms with E-state index in [1.807, 2.05) is 0 Å². The Morgan fingerprint density at radius 1 is 1.39 bits per heavy atom. The Hall–Kier alpha value is -0.690. The standard InChI is InChI=1S/C11H16ClFN2O2S/c1-15(2)18(16,17)6-5-14-8-9-3-4-10(12)11(13)7-9/h3-4,7,14H,5-6,8H2,1-2H3. The highest BCUT2D eigenvalue weighted by atomic mass is 35.5. The fraction of sp³-hybridized carbons (Fsp3) is 0.455. The molecular weight excluding hydrogens is 279 g/mol. The molecule has 0 heterocycles. The van der Waals surface area contributed by atoms with E-state index >= 15 is 0 Å². The van der Waals surface area contributed by atoms with Gasteiger partial charge in [0, 0.05) is 27.2 Å². The zero-order valence-corrected chi connectivity index (χ0v) is 11.9. The molecule has 0 atom stereocenters. The van der Waals surface area contributed by atoms with E-state index in [-0.39, 0.29) is 10.8 Å². The van der Waals surface area contributed by atoms with Gasteiger partial charge in [0.2, 0.25) is 10.0 Å². The van der Waals surface area contributed by atoms with E-state index in [4.69, 9.17) is 11.6 Å². The number of sulfonamides is 1. The Balaban J connectivity index is 2.41. The summed E-state index contributed by atoms with van der Waals surface area (Å²) in [6.07, 6.45) is 0. The molecule has 1 N–H and O–H groups in total. The second-order valence-electron chi connectivity index (χ2n) is 4.02. The highest BCUT2D eigenvalue weighted by Crippen LogP contribution is 2.15. The highest BCUT2D eigenvalue weighted by Gasteiger charge is 2.12. The SMILES string of the molecule is CN(C)S(=O)(=O)CCNCc1ccc(Cl)c(F)c1. The molecule has 0 aliphatic rings. The number of halogens is 2. The third kappa shape index (κ3) is 4.53. The zero-order chi connectivity index (χ0) is 13.8. The average molecular weight is 295 g/mol. The summed E-state index contributed by atoms with van der Waals surface area (Å²) in [5, 5.41) is 3.02. The number of hydrogen-bond donors (Lipinski definition) is 1. The van der Waals surface area contributed by atoms with Crippen molar-refractivity contribution >= 4 is 21.6 Å². The fourth-order valence-corrected chi connectivity index (χ4v) is 2.15. The third-order valence-corrected chi connectivity index (χ3v) is 4.55. The van der Waals surface area contributed by atoms with Crippen molar-refractivity contribution in [3.8, 4) is 0 Å². The van der Waals surface area contributed by atoms with Gasteiger partial charge in [0.1, 0.15) is 5.82 Å². The highest BCUT2D eigenvalue weighted by molar-refractivity contribution is 7.89. The molecule has 0 fully saturated rings. The molecule has 0 aliphatic heterocycles. The molecular formula is C11H16ClFN2O2S. The fourth-order valence-electron chi connectivity index (χ4n) is 1.27. The Morgan fingerprint density at radius 3 is 2.61 bits per heavy atom. The van der Waals surface area contributed by atoms with Gasteiger partial charge in [-0.2, -0.15) is 0 Å². The van der Waals surface area contributed by atoms with Crippen LogP contribution in [-0.2, 0) is 16.6 Å². The maximum atomic E-state index is 13.1. The second-order valence-corrected chi connectivity index (χ2v) is 6.73. The topological polar surface area (TPSA) is 49.4 Å². The zero-order valence-electron chi connectivity index (χ0n) is 10.3. The van der Waals surface area contributed by atoms with Gasteiger partial charge in [0.15, 0.2) is 0 Å². The van der Waals surface area contributed by atoms with Crippen LogP contribution in [0.1, 0.15) is 5.56 Å². The predicted molar refractivity (Wildman–Crippen MR) is 70.6 cm³/mol. The molecule has 0 saturated heterocycles. The van der Waals surface area contributed by atoms with E-state index < -0.39 is 15.8 Å². The minimum atomic E-state index is -3.19. The summed E-state index contributed by atoms with van der Waals surface area (Å²) in [5.41, 5.74) is 0.721. The van der Waals surface area contributed by atoms with Crippen LogP contribution in [0.25, 0.3) is 0 Å². The normalized spacial score (nSPS) is 12.1.